The van der Waals surface area contributed by atoms with Crippen LogP contribution in [0.2, 0.25) is 0 Å². The minimum atomic E-state index is 0.0518. The fourth-order valence-corrected chi connectivity index (χ4v) is 2.91. The van der Waals surface area contributed by atoms with Crippen molar-refractivity contribution in [1.82, 2.24) is 5.32 Å². The lowest BCUT2D eigenvalue weighted by molar-refractivity contribution is 0.378. The van der Waals surface area contributed by atoms with Crippen molar-refractivity contribution in [2.24, 2.45) is 0 Å². The van der Waals surface area contributed by atoms with E-state index in [2.05, 4.69) is 19.2 Å². The van der Waals surface area contributed by atoms with Crippen LogP contribution in [-0.4, -0.2) is 28.4 Å². The third kappa shape index (κ3) is 4.37. The van der Waals surface area contributed by atoms with Gasteiger partial charge in [0.25, 0.3) is 0 Å². The third-order valence-electron chi connectivity index (χ3n) is 4.31. The van der Waals surface area contributed by atoms with E-state index in [1.165, 1.54) is 0 Å². The topological polar surface area (TPSA) is 49.0 Å². The molecule has 0 amide bonds. The van der Waals surface area contributed by atoms with Crippen molar-refractivity contribution in [3.8, 4) is 23.0 Å². The van der Waals surface area contributed by atoms with Crippen molar-refractivity contribution in [3.63, 3.8) is 0 Å². The quantitative estimate of drug-likeness (QED) is 0.779. The molecule has 2 aromatic carbocycles. The Bertz CT molecular complexity index is 643. The Labute approximate surface area is 149 Å². The number of ether oxygens (including phenoxy) is 4. The third-order valence-corrected chi connectivity index (χ3v) is 4.31. The van der Waals surface area contributed by atoms with E-state index in [0.717, 1.165) is 34.1 Å². The zero-order valence-electron chi connectivity index (χ0n) is 15.8. The molecule has 0 saturated heterocycles. The smallest absolute Gasteiger partial charge is 0.123 e. The zero-order chi connectivity index (χ0) is 18.4. The zero-order valence-corrected chi connectivity index (χ0v) is 15.8. The lowest BCUT2D eigenvalue weighted by atomic mass is 10.0. The maximum absolute atomic E-state index is 5.49. The molecule has 5 heteroatoms. The van der Waals surface area contributed by atoms with Crippen molar-refractivity contribution in [2.45, 2.75) is 25.9 Å². The van der Waals surface area contributed by atoms with E-state index >= 15 is 0 Å². The monoisotopic (exact) mass is 345 g/mol. The van der Waals surface area contributed by atoms with E-state index in [9.17, 15) is 0 Å². The predicted molar refractivity (Wildman–Crippen MR) is 99.1 cm³/mol. The summed E-state index contributed by atoms with van der Waals surface area (Å²) in [6.45, 7) is 4.20. The van der Waals surface area contributed by atoms with Crippen molar-refractivity contribution < 1.29 is 18.9 Å². The molecule has 5 nitrogen and oxygen atoms in total. The Morgan fingerprint density at radius 2 is 1.04 bits per heavy atom. The predicted octanol–water partition coefficient (Wildman–Crippen LogP) is 4.13. The summed E-state index contributed by atoms with van der Waals surface area (Å²) in [6.07, 6.45) is 0. The molecule has 0 saturated carbocycles. The molecule has 0 spiro atoms. The van der Waals surface area contributed by atoms with Crippen molar-refractivity contribution in [1.29, 1.82) is 0 Å². The minimum Gasteiger partial charge on any atom is -0.497 e. The number of methoxy groups -OCH3 is 4. The molecule has 0 fully saturated rings. The maximum atomic E-state index is 5.49. The van der Waals surface area contributed by atoms with Gasteiger partial charge >= 0.3 is 0 Å². The van der Waals surface area contributed by atoms with Crippen molar-refractivity contribution >= 4 is 0 Å². The first-order valence-electron chi connectivity index (χ1n) is 8.23. The first-order chi connectivity index (χ1) is 12.0. The molecule has 2 rings (SSSR count). The number of nitrogens with one attached hydrogen (secondary N) is 1. The summed E-state index contributed by atoms with van der Waals surface area (Å²) in [5.41, 5.74) is 2.08. The summed E-state index contributed by atoms with van der Waals surface area (Å²) in [6, 6.07) is 11.7. The minimum absolute atomic E-state index is 0.0518. The van der Waals surface area contributed by atoms with Crippen LogP contribution in [0.1, 0.15) is 37.1 Å². The molecule has 0 unspecified atom stereocenters. The van der Waals surface area contributed by atoms with Gasteiger partial charge in [0.05, 0.1) is 28.4 Å². The van der Waals surface area contributed by atoms with Crippen molar-refractivity contribution in [3.05, 3.63) is 47.5 Å². The second-order valence-corrected chi connectivity index (χ2v) is 5.83. The van der Waals surface area contributed by atoms with Crippen LogP contribution in [0, 0.1) is 0 Å². The molecule has 0 aliphatic heterocycles. The maximum Gasteiger partial charge on any atom is 0.123 e. The van der Waals surface area contributed by atoms with E-state index < -0.39 is 0 Å². The number of hydrogen-bond acceptors (Lipinski definition) is 5. The van der Waals surface area contributed by atoms with E-state index in [0.29, 0.717) is 0 Å². The second-order valence-electron chi connectivity index (χ2n) is 5.83. The van der Waals surface area contributed by atoms with Crippen LogP contribution >= 0.6 is 0 Å². The summed E-state index contributed by atoms with van der Waals surface area (Å²) < 4.78 is 21.7. The van der Waals surface area contributed by atoms with Gasteiger partial charge in [0.1, 0.15) is 23.0 Å². The van der Waals surface area contributed by atoms with Gasteiger partial charge in [-0.3, -0.25) is 0 Å². The molecule has 0 aliphatic rings. The first-order valence-corrected chi connectivity index (χ1v) is 8.23. The van der Waals surface area contributed by atoms with E-state index in [4.69, 9.17) is 18.9 Å². The van der Waals surface area contributed by atoms with Crippen LogP contribution in [0.4, 0.5) is 0 Å². The molecule has 136 valence electrons. The number of benzene rings is 2. The molecule has 2 atom stereocenters. The van der Waals surface area contributed by atoms with Crippen LogP contribution in [0.3, 0.4) is 0 Å². The fraction of sp³-hybridized carbons (Fsp3) is 0.400. The van der Waals surface area contributed by atoms with E-state index in [-0.39, 0.29) is 12.1 Å². The van der Waals surface area contributed by atoms with Gasteiger partial charge in [0.15, 0.2) is 0 Å². The summed E-state index contributed by atoms with van der Waals surface area (Å²) in [5, 5.41) is 3.59. The molecule has 0 radical (unpaired) electrons. The van der Waals surface area contributed by atoms with Gasteiger partial charge in [-0.2, -0.15) is 0 Å². The highest BCUT2D eigenvalue weighted by Gasteiger charge is 2.18. The summed E-state index contributed by atoms with van der Waals surface area (Å²) in [7, 11) is 6.67. The Morgan fingerprint density at radius 3 is 1.36 bits per heavy atom. The van der Waals surface area contributed by atoms with Gasteiger partial charge in [-0.05, 0) is 50.2 Å². The summed E-state index contributed by atoms with van der Waals surface area (Å²) >= 11 is 0. The molecule has 0 heterocycles. The Hall–Kier alpha value is -2.40. The van der Waals surface area contributed by atoms with Gasteiger partial charge in [-0.1, -0.05) is 0 Å². The van der Waals surface area contributed by atoms with Crippen molar-refractivity contribution in [2.75, 3.05) is 28.4 Å². The highest BCUT2D eigenvalue weighted by atomic mass is 16.5. The fourth-order valence-electron chi connectivity index (χ4n) is 2.91. The van der Waals surface area contributed by atoms with Crippen LogP contribution < -0.4 is 24.3 Å². The number of hydrogen-bond donors (Lipinski definition) is 1. The highest BCUT2D eigenvalue weighted by Crippen LogP contribution is 2.33. The van der Waals surface area contributed by atoms with Gasteiger partial charge in [-0.25, -0.2) is 0 Å². The standard InChI is InChI=1S/C20H27NO4/c1-13(17-11-15(22-3)7-9-19(17)24-5)21-14(2)18-12-16(23-4)8-10-20(18)25-6/h7-14,21H,1-6H3/t13-,14-/m1/s1. The van der Waals surface area contributed by atoms with Gasteiger partial charge in [0, 0.05) is 23.2 Å². The average Bonchev–Trinajstić information content (AvgIpc) is 2.66. The summed E-state index contributed by atoms with van der Waals surface area (Å²) in [4.78, 5) is 0. The van der Waals surface area contributed by atoms with E-state index in [1.54, 1.807) is 28.4 Å². The van der Waals surface area contributed by atoms with Crippen LogP contribution in [0.15, 0.2) is 36.4 Å². The normalized spacial score (nSPS) is 13.0. The molecular formula is C20H27NO4. The molecule has 0 aromatic heterocycles. The average molecular weight is 345 g/mol. The lowest BCUT2D eigenvalue weighted by Gasteiger charge is -2.24. The molecule has 0 aliphatic carbocycles. The Kier molecular flexibility index (Phi) is 6.53. The highest BCUT2D eigenvalue weighted by molar-refractivity contribution is 5.44. The lowest BCUT2D eigenvalue weighted by Crippen LogP contribution is -2.23. The molecule has 0 bridgehead atoms. The first kappa shape index (κ1) is 18.9. The summed E-state index contributed by atoms with van der Waals surface area (Å²) in [5.74, 6) is 3.25. The van der Waals surface area contributed by atoms with E-state index in [1.807, 2.05) is 36.4 Å². The number of rotatable bonds is 8. The second kappa shape index (κ2) is 8.62. The SMILES string of the molecule is COc1ccc(OC)c([C@@H](C)N[C@H](C)c2cc(OC)ccc2OC)c1. The molecule has 2 aromatic rings. The molecule has 25 heavy (non-hydrogen) atoms. The van der Waals surface area contributed by atoms with Crippen LogP contribution in [0.5, 0.6) is 23.0 Å². The largest absolute Gasteiger partial charge is 0.497 e. The van der Waals surface area contributed by atoms with Gasteiger partial charge < -0.3 is 24.3 Å². The molecule has 1 N–H and O–H groups in total. The Morgan fingerprint density at radius 1 is 0.640 bits per heavy atom. The van der Waals surface area contributed by atoms with Crippen LogP contribution in [0.25, 0.3) is 0 Å². The Balaban J connectivity index is 2.27. The van der Waals surface area contributed by atoms with Gasteiger partial charge in [0.2, 0.25) is 0 Å². The van der Waals surface area contributed by atoms with Crippen LogP contribution in [-0.2, 0) is 0 Å². The molecular weight excluding hydrogens is 318 g/mol. The van der Waals surface area contributed by atoms with Gasteiger partial charge in [-0.15, -0.1) is 0 Å².